The van der Waals surface area contributed by atoms with Gasteiger partial charge >= 0.3 is 0 Å². The van der Waals surface area contributed by atoms with Gasteiger partial charge in [-0.2, -0.15) is 0 Å². The Balaban J connectivity index is 1.66. The lowest BCUT2D eigenvalue weighted by Crippen LogP contribution is -2.49. The predicted molar refractivity (Wildman–Crippen MR) is 99.8 cm³/mol. The van der Waals surface area contributed by atoms with Gasteiger partial charge < -0.3 is 15.5 Å². The normalized spacial score (nSPS) is 19.7. The first-order chi connectivity index (χ1) is 12.6. The van der Waals surface area contributed by atoms with Gasteiger partial charge in [-0.1, -0.05) is 13.0 Å². The smallest absolute Gasteiger partial charge is 0.251 e. The number of nitrogens with zero attached hydrogens (tertiary/aromatic N) is 1. The number of carbonyl (C=O) groups excluding carboxylic acids is 3. The largest absolute Gasteiger partial charge is 0.349 e. The highest BCUT2D eigenvalue weighted by Crippen LogP contribution is 2.22. The minimum Gasteiger partial charge on any atom is -0.349 e. The molecule has 1 aromatic rings. The number of piperidine rings is 1. The molecule has 0 aromatic heterocycles. The average Bonchev–Trinajstić information content (AvgIpc) is 3.46. The third-order valence-electron chi connectivity index (χ3n) is 4.89. The van der Waals surface area contributed by atoms with Crippen LogP contribution < -0.4 is 10.6 Å². The lowest BCUT2D eigenvalue weighted by atomic mass is 10.0. The number of likely N-dealkylation sites (tertiary alicyclic amines) is 1. The number of hydrogen-bond acceptors (Lipinski definition) is 3. The van der Waals surface area contributed by atoms with Crippen LogP contribution in [-0.4, -0.2) is 41.2 Å². The molecule has 2 N–H and O–H groups in total. The van der Waals surface area contributed by atoms with E-state index in [1.54, 1.807) is 29.2 Å². The summed E-state index contributed by atoms with van der Waals surface area (Å²) in [4.78, 5) is 38.9. The van der Waals surface area contributed by atoms with Crippen LogP contribution in [0.3, 0.4) is 0 Å². The second-order valence-corrected chi connectivity index (χ2v) is 7.17. The van der Waals surface area contributed by atoms with Gasteiger partial charge in [0.05, 0.1) is 0 Å². The lowest BCUT2D eigenvalue weighted by molar-refractivity contribution is -0.140. The molecule has 1 aliphatic heterocycles. The molecular formula is C20H27N3O3. The van der Waals surface area contributed by atoms with E-state index >= 15 is 0 Å². The highest BCUT2D eigenvalue weighted by molar-refractivity contribution is 5.99. The van der Waals surface area contributed by atoms with E-state index in [4.69, 9.17) is 0 Å². The molecule has 6 heteroatoms. The van der Waals surface area contributed by atoms with Crippen molar-refractivity contribution in [2.24, 2.45) is 0 Å². The van der Waals surface area contributed by atoms with Crippen molar-refractivity contribution in [1.29, 1.82) is 0 Å². The maximum Gasteiger partial charge on any atom is 0.251 e. The Morgan fingerprint density at radius 2 is 1.96 bits per heavy atom. The van der Waals surface area contributed by atoms with E-state index in [-0.39, 0.29) is 17.7 Å². The van der Waals surface area contributed by atoms with E-state index in [0.29, 0.717) is 36.7 Å². The molecule has 3 amide bonds. The van der Waals surface area contributed by atoms with Crippen LogP contribution in [0.1, 0.15) is 62.2 Å². The molecule has 1 atom stereocenters. The zero-order valence-corrected chi connectivity index (χ0v) is 15.3. The topological polar surface area (TPSA) is 78.5 Å². The summed E-state index contributed by atoms with van der Waals surface area (Å²) >= 11 is 0. The Labute approximate surface area is 154 Å². The molecule has 1 saturated carbocycles. The van der Waals surface area contributed by atoms with Crippen molar-refractivity contribution in [2.75, 3.05) is 11.9 Å². The number of hydrogen-bond donors (Lipinski definition) is 2. The Kier molecular flexibility index (Phi) is 5.91. The molecule has 0 radical (unpaired) electrons. The quantitative estimate of drug-likeness (QED) is 0.822. The van der Waals surface area contributed by atoms with Gasteiger partial charge in [-0.05, 0) is 56.7 Å². The molecule has 2 fully saturated rings. The highest BCUT2D eigenvalue weighted by Gasteiger charge is 2.31. The van der Waals surface area contributed by atoms with Gasteiger partial charge in [-0.15, -0.1) is 0 Å². The Morgan fingerprint density at radius 1 is 1.15 bits per heavy atom. The van der Waals surface area contributed by atoms with Gasteiger partial charge in [0, 0.05) is 30.3 Å². The minimum absolute atomic E-state index is 0.0462. The van der Waals surface area contributed by atoms with Gasteiger partial charge in [-0.25, -0.2) is 0 Å². The summed E-state index contributed by atoms with van der Waals surface area (Å²) in [6, 6.07) is 6.83. The average molecular weight is 357 g/mol. The van der Waals surface area contributed by atoms with Crippen LogP contribution in [0.5, 0.6) is 0 Å². The van der Waals surface area contributed by atoms with Crippen LogP contribution >= 0.6 is 0 Å². The first kappa shape index (κ1) is 18.4. The molecule has 6 nitrogen and oxygen atoms in total. The molecule has 1 saturated heterocycles. The summed E-state index contributed by atoms with van der Waals surface area (Å²) in [7, 11) is 0. The summed E-state index contributed by atoms with van der Waals surface area (Å²) in [5.74, 6) is -0.236. The summed E-state index contributed by atoms with van der Waals surface area (Å²) in [6.45, 7) is 2.61. The molecular weight excluding hydrogens is 330 g/mol. The van der Waals surface area contributed by atoms with Crippen molar-refractivity contribution in [1.82, 2.24) is 10.2 Å². The van der Waals surface area contributed by atoms with E-state index in [1.165, 1.54) is 0 Å². The third-order valence-corrected chi connectivity index (χ3v) is 4.89. The van der Waals surface area contributed by atoms with E-state index in [1.807, 2.05) is 6.92 Å². The second kappa shape index (κ2) is 8.34. The fourth-order valence-corrected chi connectivity index (χ4v) is 3.32. The monoisotopic (exact) mass is 357 g/mol. The van der Waals surface area contributed by atoms with Crippen LogP contribution in [0.2, 0.25) is 0 Å². The standard InChI is InChI=1S/C20H27N3O3/c1-2-6-18(24)23-12-4-3-9-17(23)20(26)22-16-8-5-7-14(13-16)19(25)21-15-10-11-15/h5,7-8,13,15,17H,2-4,6,9-12H2,1H3,(H,21,25)(H,22,26). The number of benzene rings is 1. The highest BCUT2D eigenvalue weighted by atomic mass is 16.2. The van der Waals surface area contributed by atoms with Crippen molar-refractivity contribution in [2.45, 2.75) is 64.0 Å². The lowest BCUT2D eigenvalue weighted by Gasteiger charge is -2.34. The zero-order chi connectivity index (χ0) is 18.5. The van der Waals surface area contributed by atoms with Gasteiger partial charge in [-0.3, -0.25) is 14.4 Å². The fourth-order valence-electron chi connectivity index (χ4n) is 3.32. The van der Waals surface area contributed by atoms with Gasteiger partial charge in [0.15, 0.2) is 0 Å². The summed E-state index contributed by atoms with van der Waals surface area (Å²) in [5.41, 5.74) is 1.13. The van der Waals surface area contributed by atoms with Gasteiger partial charge in [0.1, 0.15) is 6.04 Å². The van der Waals surface area contributed by atoms with Crippen molar-refractivity contribution < 1.29 is 14.4 Å². The summed E-state index contributed by atoms with van der Waals surface area (Å²) in [5, 5.41) is 5.84. The molecule has 140 valence electrons. The van der Waals surface area contributed by atoms with E-state index in [9.17, 15) is 14.4 Å². The Morgan fingerprint density at radius 3 is 2.69 bits per heavy atom. The van der Waals surface area contributed by atoms with E-state index < -0.39 is 6.04 Å². The molecule has 0 spiro atoms. The first-order valence-electron chi connectivity index (χ1n) is 9.59. The molecule has 3 rings (SSSR count). The van der Waals surface area contributed by atoms with Crippen LogP contribution in [0, 0.1) is 0 Å². The van der Waals surface area contributed by atoms with Crippen molar-refractivity contribution in [3.63, 3.8) is 0 Å². The molecule has 2 aliphatic rings. The van der Waals surface area contributed by atoms with Crippen molar-refractivity contribution in [3.05, 3.63) is 29.8 Å². The van der Waals surface area contributed by atoms with Crippen LogP contribution in [-0.2, 0) is 9.59 Å². The Hall–Kier alpha value is -2.37. The number of anilines is 1. The minimum atomic E-state index is -0.424. The molecule has 1 aromatic carbocycles. The molecule has 1 aliphatic carbocycles. The number of rotatable bonds is 6. The zero-order valence-electron chi connectivity index (χ0n) is 15.3. The first-order valence-corrected chi connectivity index (χ1v) is 9.59. The van der Waals surface area contributed by atoms with Crippen molar-refractivity contribution in [3.8, 4) is 0 Å². The van der Waals surface area contributed by atoms with Gasteiger partial charge in [0.2, 0.25) is 11.8 Å². The van der Waals surface area contributed by atoms with E-state index in [0.717, 1.165) is 32.1 Å². The second-order valence-electron chi connectivity index (χ2n) is 7.17. The Bertz CT molecular complexity index is 685. The maximum absolute atomic E-state index is 12.7. The number of carbonyl (C=O) groups is 3. The van der Waals surface area contributed by atoms with E-state index in [2.05, 4.69) is 10.6 Å². The third kappa shape index (κ3) is 4.62. The van der Waals surface area contributed by atoms with Gasteiger partial charge in [0.25, 0.3) is 5.91 Å². The maximum atomic E-state index is 12.7. The SMILES string of the molecule is CCCC(=O)N1CCCCC1C(=O)Nc1cccc(C(=O)NC2CC2)c1. The molecule has 0 bridgehead atoms. The number of nitrogens with one attached hydrogen (secondary N) is 2. The van der Waals surface area contributed by atoms with Crippen LogP contribution in [0.4, 0.5) is 5.69 Å². The summed E-state index contributed by atoms with van der Waals surface area (Å²) < 4.78 is 0. The molecule has 1 heterocycles. The fraction of sp³-hybridized carbons (Fsp3) is 0.550. The van der Waals surface area contributed by atoms with Crippen molar-refractivity contribution >= 4 is 23.4 Å². The molecule has 1 unspecified atom stereocenters. The predicted octanol–water partition coefficient (Wildman–Crippen LogP) is 2.70. The van der Waals surface area contributed by atoms with Crippen LogP contribution in [0.15, 0.2) is 24.3 Å². The van der Waals surface area contributed by atoms with Crippen LogP contribution in [0.25, 0.3) is 0 Å². The number of amides is 3. The summed E-state index contributed by atoms with van der Waals surface area (Å²) in [6.07, 6.45) is 5.89. The molecule has 26 heavy (non-hydrogen) atoms.